The molecule has 1 N–H and O–H groups in total. The molecule has 0 bridgehead atoms. The van der Waals surface area contributed by atoms with Gasteiger partial charge in [-0.05, 0) is 35.9 Å². The molecule has 0 unspecified atom stereocenters. The molecule has 138 valence electrons. The van der Waals surface area contributed by atoms with Gasteiger partial charge in [0, 0.05) is 35.5 Å². The number of ether oxygens (including phenoxy) is 1. The molecule has 0 saturated heterocycles. The van der Waals surface area contributed by atoms with E-state index in [1.807, 2.05) is 18.2 Å². The van der Waals surface area contributed by atoms with Gasteiger partial charge in [-0.1, -0.05) is 30.3 Å². The van der Waals surface area contributed by atoms with E-state index in [0.29, 0.717) is 16.4 Å². The molecule has 4 rings (SSSR count). The van der Waals surface area contributed by atoms with Gasteiger partial charge in [-0.2, -0.15) is 0 Å². The number of nitrogens with zero attached hydrogens (tertiary/aromatic N) is 3. The summed E-state index contributed by atoms with van der Waals surface area (Å²) in [4.78, 5) is 25.8. The minimum absolute atomic E-state index is 0.219. The third kappa shape index (κ3) is 4.57. The van der Waals surface area contributed by atoms with Gasteiger partial charge >= 0.3 is 6.01 Å². The van der Waals surface area contributed by atoms with Crippen LogP contribution in [0.25, 0.3) is 0 Å². The van der Waals surface area contributed by atoms with Crippen molar-refractivity contribution < 1.29 is 9.53 Å². The third-order valence-electron chi connectivity index (χ3n) is 3.86. The summed E-state index contributed by atoms with van der Waals surface area (Å²) in [6.07, 6.45) is 5.79. The Morgan fingerprint density at radius 3 is 2.43 bits per heavy atom. The Morgan fingerprint density at radius 1 is 0.929 bits per heavy atom. The summed E-state index contributed by atoms with van der Waals surface area (Å²) in [7, 11) is 0. The minimum Gasteiger partial charge on any atom is -0.424 e. The van der Waals surface area contributed by atoms with Crippen molar-refractivity contribution in [1.82, 2.24) is 15.0 Å². The van der Waals surface area contributed by atoms with Crippen molar-refractivity contribution in [2.24, 2.45) is 0 Å². The highest BCUT2D eigenvalue weighted by Crippen LogP contribution is 2.22. The molecule has 7 heteroatoms. The zero-order valence-corrected chi connectivity index (χ0v) is 15.6. The molecule has 0 radical (unpaired) electrons. The van der Waals surface area contributed by atoms with Crippen molar-refractivity contribution in [1.29, 1.82) is 0 Å². The Bertz CT molecular complexity index is 1050. The first-order chi connectivity index (χ1) is 13.8. The average molecular weight is 388 g/mol. The van der Waals surface area contributed by atoms with Gasteiger partial charge in [0.1, 0.15) is 5.75 Å². The highest BCUT2D eigenvalue weighted by Gasteiger charge is 2.10. The number of rotatable bonds is 6. The number of carbonyl (C=O) groups excluding carboxylic acids is 1. The molecule has 0 aliphatic rings. The van der Waals surface area contributed by atoms with Crippen LogP contribution in [-0.4, -0.2) is 20.9 Å². The zero-order valence-electron chi connectivity index (χ0n) is 14.8. The molecule has 4 aromatic rings. The predicted octanol–water partition coefficient (Wildman–Crippen LogP) is 4.57. The van der Waals surface area contributed by atoms with E-state index in [4.69, 9.17) is 4.74 Å². The van der Waals surface area contributed by atoms with Crippen LogP contribution >= 0.6 is 11.3 Å². The lowest BCUT2D eigenvalue weighted by Gasteiger charge is -2.05. The number of nitrogens with one attached hydrogen (secondary N) is 1. The lowest BCUT2D eigenvalue weighted by atomic mass is 10.1. The molecule has 0 atom stereocenters. The molecule has 0 spiro atoms. The monoisotopic (exact) mass is 388 g/mol. The SMILES string of the molecule is O=C(Nc1ncc(Cc2ccccc2)s1)c1ccc(Oc2ncccn2)cc1. The van der Waals surface area contributed by atoms with Gasteiger partial charge in [0.05, 0.1) is 0 Å². The Hall–Kier alpha value is -3.58. The van der Waals surface area contributed by atoms with Crippen LogP contribution in [0.15, 0.2) is 79.3 Å². The highest BCUT2D eigenvalue weighted by atomic mass is 32.1. The fourth-order valence-electron chi connectivity index (χ4n) is 2.53. The van der Waals surface area contributed by atoms with Crippen molar-refractivity contribution in [3.05, 3.63) is 95.3 Å². The maximum absolute atomic E-state index is 12.4. The van der Waals surface area contributed by atoms with E-state index in [9.17, 15) is 4.79 Å². The molecule has 2 heterocycles. The van der Waals surface area contributed by atoms with E-state index in [1.54, 1.807) is 48.9 Å². The maximum atomic E-state index is 12.4. The van der Waals surface area contributed by atoms with E-state index in [-0.39, 0.29) is 11.9 Å². The topological polar surface area (TPSA) is 77.0 Å². The van der Waals surface area contributed by atoms with E-state index < -0.39 is 0 Å². The van der Waals surface area contributed by atoms with Crippen LogP contribution in [0.3, 0.4) is 0 Å². The molecule has 0 aliphatic carbocycles. The quantitative estimate of drug-likeness (QED) is 0.524. The van der Waals surface area contributed by atoms with Gasteiger partial charge in [0.15, 0.2) is 5.13 Å². The molecule has 0 aliphatic heterocycles. The number of benzene rings is 2. The van der Waals surface area contributed by atoms with E-state index in [2.05, 4.69) is 32.4 Å². The number of carbonyl (C=O) groups is 1. The van der Waals surface area contributed by atoms with Gasteiger partial charge in [-0.3, -0.25) is 10.1 Å². The fraction of sp³-hybridized carbons (Fsp3) is 0.0476. The Kier molecular flexibility index (Phi) is 5.35. The van der Waals surface area contributed by atoms with Crippen LogP contribution in [0, 0.1) is 0 Å². The van der Waals surface area contributed by atoms with Gasteiger partial charge in [0.25, 0.3) is 5.91 Å². The standard InChI is InChI=1S/C21H16N4O2S/c26-19(16-7-9-17(10-8-16)27-20-22-11-4-12-23-20)25-21-24-14-18(28-21)13-15-5-2-1-3-6-15/h1-12,14H,13H2,(H,24,25,26). The summed E-state index contributed by atoms with van der Waals surface area (Å²) < 4.78 is 5.53. The van der Waals surface area contributed by atoms with Crippen molar-refractivity contribution in [3.8, 4) is 11.8 Å². The fourth-order valence-corrected chi connectivity index (χ4v) is 3.37. The van der Waals surface area contributed by atoms with Gasteiger partial charge < -0.3 is 4.74 Å². The van der Waals surface area contributed by atoms with E-state index in [1.165, 1.54) is 16.9 Å². The Morgan fingerprint density at radius 2 is 1.68 bits per heavy atom. The van der Waals surface area contributed by atoms with Crippen LogP contribution in [0.4, 0.5) is 5.13 Å². The van der Waals surface area contributed by atoms with Gasteiger partial charge in [-0.25, -0.2) is 15.0 Å². The second-order valence-electron chi connectivity index (χ2n) is 5.91. The molecule has 0 fully saturated rings. The number of hydrogen-bond donors (Lipinski definition) is 1. The molecule has 6 nitrogen and oxygen atoms in total. The number of amides is 1. The normalized spacial score (nSPS) is 10.4. The molecule has 1 amide bonds. The second-order valence-corrected chi connectivity index (χ2v) is 7.02. The molecular weight excluding hydrogens is 372 g/mol. The molecule has 2 aromatic carbocycles. The smallest absolute Gasteiger partial charge is 0.321 e. The Labute approximate surface area is 165 Å². The lowest BCUT2D eigenvalue weighted by molar-refractivity contribution is 0.102. The van der Waals surface area contributed by atoms with Crippen LogP contribution in [0.2, 0.25) is 0 Å². The summed E-state index contributed by atoms with van der Waals surface area (Å²) >= 11 is 1.47. The second kappa shape index (κ2) is 8.41. The van der Waals surface area contributed by atoms with Gasteiger partial charge in [-0.15, -0.1) is 11.3 Å². The molecular formula is C21H16N4O2S. The number of thiazole rings is 1. The molecule has 0 saturated carbocycles. The summed E-state index contributed by atoms with van der Waals surface area (Å²) in [5.74, 6) is 0.338. The Balaban J connectivity index is 1.37. The third-order valence-corrected chi connectivity index (χ3v) is 4.78. The molecule has 28 heavy (non-hydrogen) atoms. The first kappa shape index (κ1) is 17.8. The molecule has 2 aromatic heterocycles. The van der Waals surface area contributed by atoms with Crippen LogP contribution in [-0.2, 0) is 6.42 Å². The zero-order chi connectivity index (χ0) is 19.2. The predicted molar refractivity (Wildman–Crippen MR) is 108 cm³/mol. The summed E-state index contributed by atoms with van der Waals surface area (Å²) in [5, 5.41) is 3.41. The van der Waals surface area contributed by atoms with Gasteiger partial charge in [0.2, 0.25) is 0 Å². The van der Waals surface area contributed by atoms with Crippen molar-refractivity contribution >= 4 is 22.4 Å². The van der Waals surface area contributed by atoms with Crippen LogP contribution < -0.4 is 10.1 Å². The average Bonchev–Trinajstić information content (AvgIpc) is 3.17. The summed E-state index contributed by atoms with van der Waals surface area (Å²) in [5.41, 5.74) is 1.73. The first-order valence-electron chi connectivity index (χ1n) is 8.61. The lowest BCUT2D eigenvalue weighted by Crippen LogP contribution is -2.11. The minimum atomic E-state index is -0.219. The number of aromatic nitrogens is 3. The number of hydrogen-bond acceptors (Lipinski definition) is 6. The number of anilines is 1. The van der Waals surface area contributed by atoms with E-state index in [0.717, 1.165) is 11.3 Å². The summed E-state index contributed by atoms with van der Waals surface area (Å²) in [6, 6.07) is 18.9. The van der Waals surface area contributed by atoms with Crippen molar-refractivity contribution in [3.63, 3.8) is 0 Å². The van der Waals surface area contributed by atoms with E-state index >= 15 is 0 Å². The van der Waals surface area contributed by atoms with Crippen molar-refractivity contribution in [2.45, 2.75) is 6.42 Å². The first-order valence-corrected chi connectivity index (χ1v) is 9.43. The van der Waals surface area contributed by atoms with Crippen molar-refractivity contribution in [2.75, 3.05) is 5.32 Å². The van der Waals surface area contributed by atoms with Crippen LogP contribution in [0.1, 0.15) is 20.8 Å². The summed E-state index contributed by atoms with van der Waals surface area (Å²) in [6.45, 7) is 0. The van der Waals surface area contributed by atoms with Crippen LogP contribution in [0.5, 0.6) is 11.8 Å². The largest absolute Gasteiger partial charge is 0.424 e. The highest BCUT2D eigenvalue weighted by molar-refractivity contribution is 7.15. The maximum Gasteiger partial charge on any atom is 0.321 e.